The van der Waals surface area contributed by atoms with E-state index < -0.39 is 23.5 Å². The number of nitrogens with zero attached hydrogens (tertiary/aromatic N) is 8. The van der Waals surface area contributed by atoms with Crippen LogP contribution < -0.4 is 10.6 Å². The zero-order valence-corrected chi connectivity index (χ0v) is 24.5. The summed E-state index contributed by atoms with van der Waals surface area (Å²) in [5, 5.41) is 17.5. The Kier molecular flexibility index (Phi) is 7.57. The molecule has 3 heterocycles. The summed E-state index contributed by atoms with van der Waals surface area (Å²) in [6.07, 6.45) is -5.42. The van der Waals surface area contributed by atoms with E-state index in [4.69, 9.17) is 10.7 Å². The minimum Gasteiger partial charge on any atom is -0.330 e. The smallest absolute Gasteiger partial charge is 0.330 e. The Morgan fingerprint density at radius 2 is 1.52 bits per heavy atom. The van der Waals surface area contributed by atoms with Gasteiger partial charge in [0.25, 0.3) is 5.95 Å². The summed E-state index contributed by atoms with van der Waals surface area (Å²) in [5.41, 5.74) is 6.41. The second-order valence-electron chi connectivity index (χ2n) is 12.1. The molecule has 2 aliphatic carbocycles. The summed E-state index contributed by atoms with van der Waals surface area (Å²) in [4.78, 5) is 7.80. The van der Waals surface area contributed by atoms with Gasteiger partial charge in [-0.1, -0.05) is 5.10 Å². The second-order valence-corrected chi connectivity index (χ2v) is 12.1. The van der Waals surface area contributed by atoms with Crippen LogP contribution in [0.4, 0.5) is 32.3 Å². The van der Waals surface area contributed by atoms with Crippen molar-refractivity contribution in [3.8, 4) is 0 Å². The number of rotatable bonds is 10. The minimum absolute atomic E-state index is 0.0501. The fourth-order valence-corrected chi connectivity index (χ4v) is 6.44. The number of tetrazole rings is 1. The molecule has 2 aliphatic rings. The lowest BCUT2D eigenvalue weighted by Gasteiger charge is -2.29. The molecule has 6 rings (SSSR count). The molecule has 0 aliphatic heterocycles. The molecule has 2 fully saturated rings. The average molecular weight is 622 g/mol. The van der Waals surface area contributed by atoms with Crippen LogP contribution in [0.1, 0.15) is 65.2 Å². The van der Waals surface area contributed by atoms with E-state index in [-0.39, 0.29) is 36.6 Å². The Balaban J connectivity index is 1.46. The molecule has 44 heavy (non-hydrogen) atoms. The predicted molar refractivity (Wildman–Crippen MR) is 149 cm³/mol. The maximum absolute atomic E-state index is 13.7. The molecule has 2 N–H and O–H groups in total. The number of hydrogen-bond acceptors (Lipinski definition) is 7. The second kappa shape index (κ2) is 11.0. The third-order valence-electron chi connectivity index (χ3n) is 8.68. The Labute approximate surface area is 249 Å². The fourth-order valence-electron chi connectivity index (χ4n) is 6.44. The summed E-state index contributed by atoms with van der Waals surface area (Å²) >= 11 is 0. The number of anilines is 1. The van der Waals surface area contributed by atoms with Gasteiger partial charge in [-0.25, -0.2) is 4.98 Å². The molecule has 2 saturated carbocycles. The van der Waals surface area contributed by atoms with Gasteiger partial charge in [-0.15, -0.1) is 5.10 Å². The van der Waals surface area contributed by atoms with Crippen molar-refractivity contribution in [3.05, 3.63) is 57.9 Å². The molecule has 0 radical (unpaired) electrons. The van der Waals surface area contributed by atoms with Crippen LogP contribution in [0.5, 0.6) is 0 Å². The molecule has 15 heteroatoms. The van der Waals surface area contributed by atoms with Crippen LogP contribution in [0.3, 0.4) is 0 Å². The van der Waals surface area contributed by atoms with Crippen molar-refractivity contribution in [1.82, 2.24) is 35.0 Å². The Morgan fingerprint density at radius 1 is 0.909 bits per heavy atom. The number of fused-ring (bicyclic) bond motifs is 1. The van der Waals surface area contributed by atoms with E-state index in [2.05, 4.69) is 20.5 Å². The first-order valence-corrected chi connectivity index (χ1v) is 14.5. The first-order chi connectivity index (χ1) is 20.7. The zero-order chi connectivity index (χ0) is 31.6. The van der Waals surface area contributed by atoms with Crippen LogP contribution in [0, 0.1) is 24.7 Å². The molecule has 0 bridgehead atoms. The first-order valence-electron chi connectivity index (χ1n) is 14.5. The van der Waals surface area contributed by atoms with Crippen LogP contribution in [0.15, 0.2) is 24.3 Å². The van der Waals surface area contributed by atoms with Gasteiger partial charge in [-0.2, -0.15) is 36.2 Å². The quantitative estimate of drug-likeness (QED) is 0.233. The number of alkyl halides is 6. The van der Waals surface area contributed by atoms with E-state index in [1.165, 1.54) is 16.7 Å². The summed E-state index contributed by atoms with van der Waals surface area (Å²) in [6.45, 7) is 1.92. The van der Waals surface area contributed by atoms with Gasteiger partial charge >= 0.3 is 12.4 Å². The summed E-state index contributed by atoms with van der Waals surface area (Å²) in [7, 11) is 3.34. The topological polar surface area (TPSA) is 104 Å². The molecule has 1 unspecified atom stereocenters. The molecule has 3 aromatic heterocycles. The van der Waals surface area contributed by atoms with Crippen LogP contribution in [0.25, 0.3) is 11.0 Å². The number of halogens is 6. The van der Waals surface area contributed by atoms with Gasteiger partial charge in [0.2, 0.25) is 0 Å². The number of aromatic nitrogens is 7. The van der Waals surface area contributed by atoms with Crippen molar-refractivity contribution in [2.75, 3.05) is 11.4 Å². The molecule has 0 saturated heterocycles. The molecule has 0 spiro atoms. The number of benzene rings is 1. The lowest BCUT2D eigenvalue weighted by Crippen LogP contribution is -2.30. The highest BCUT2D eigenvalue weighted by molar-refractivity contribution is 5.79. The minimum atomic E-state index is -4.97. The van der Waals surface area contributed by atoms with Crippen molar-refractivity contribution in [3.63, 3.8) is 0 Å². The van der Waals surface area contributed by atoms with Crippen LogP contribution >= 0.6 is 0 Å². The van der Waals surface area contributed by atoms with Gasteiger partial charge in [-0.05, 0) is 91.0 Å². The largest absolute Gasteiger partial charge is 0.416 e. The van der Waals surface area contributed by atoms with Crippen LogP contribution in [-0.4, -0.2) is 41.5 Å². The van der Waals surface area contributed by atoms with Crippen molar-refractivity contribution in [2.45, 2.75) is 64.0 Å². The molecule has 9 nitrogen and oxygen atoms in total. The van der Waals surface area contributed by atoms with Crippen molar-refractivity contribution >= 4 is 17.0 Å². The number of pyridine rings is 1. The molecule has 4 aromatic rings. The summed E-state index contributed by atoms with van der Waals surface area (Å²) < 4.78 is 83.8. The number of hydrogen-bond donors (Lipinski definition) is 1. The van der Waals surface area contributed by atoms with E-state index in [9.17, 15) is 26.3 Å². The van der Waals surface area contributed by atoms with Gasteiger partial charge in [0.15, 0.2) is 5.65 Å². The summed E-state index contributed by atoms with van der Waals surface area (Å²) in [6, 6.07) is 3.53. The zero-order valence-electron chi connectivity index (χ0n) is 24.5. The Bertz CT molecular complexity index is 1620. The van der Waals surface area contributed by atoms with Crippen molar-refractivity contribution in [1.29, 1.82) is 0 Å². The van der Waals surface area contributed by atoms with Crippen molar-refractivity contribution < 1.29 is 26.3 Å². The van der Waals surface area contributed by atoms with Gasteiger partial charge in [-0.3, -0.25) is 4.68 Å². The monoisotopic (exact) mass is 621 g/mol. The normalized spacial score (nSPS) is 16.7. The average Bonchev–Trinajstić information content (AvgIpc) is 3.88. The van der Waals surface area contributed by atoms with Gasteiger partial charge < -0.3 is 10.6 Å². The number of nitrogens with two attached hydrogens (primary N) is 1. The third-order valence-corrected chi connectivity index (χ3v) is 8.68. The van der Waals surface area contributed by atoms with E-state index in [1.807, 2.05) is 20.0 Å². The van der Waals surface area contributed by atoms with E-state index >= 15 is 0 Å². The van der Waals surface area contributed by atoms with Gasteiger partial charge in [0.1, 0.15) is 0 Å². The lowest BCUT2D eigenvalue weighted by molar-refractivity contribution is -0.143. The highest BCUT2D eigenvalue weighted by Gasteiger charge is 2.46. The molecular weight excluding hydrogens is 588 g/mol. The SMILES string of the molecule is Cc1nn(C)c2nc(C(CN)C(C3CC3)C3CC3)c(CN(Cc3cc(C(F)(F)F)cc(C(F)(F)F)c3)c3nnn(C)n3)cc12. The van der Waals surface area contributed by atoms with E-state index in [0.29, 0.717) is 29.9 Å². The van der Waals surface area contributed by atoms with Crippen molar-refractivity contribution in [2.24, 2.45) is 37.6 Å². The van der Waals surface area contributed by atoms with Gasteiger partial charge in [0, 0.05) is 38.0 Å². The molecule has 1 aromatic carbocycles. The molecular formula is C29H33F6N9. The maximum Gasteiger partial charge on any atom is 0.416 e. The fraction of sp³-hybridized carbons (Fsp3) is 0.552. The Morgan fingerprint density at radius 3 is 2.02 bits per heavy atom. The van der Waals surface area contributed by atoms with E-state index in [1.54, 1.807) is 4.68 Å². The number of aryl methyl sites for hydroxylation is 3. The lowest BCUT2D eigenvalue weighted by atomic mass is 9.80. The maximum atomic E-state index is 13.7. The molecule has 236 valence electrons. The summed E-state index contributed by atoms with van der Waals surface area (Å²) in [5.74, 6) is 1.43. The third kappa shape index (κ3) is 6.10. The first kappa shape index (κ1) is 30.3. The van der Waals surface area contributed by atoms with E-state index in [0.717, 1.165) is 60.2 Å². The highest BCUT2D eigenvalue weighted by Crippen LogP contribution is 2.55. The molecule has 0 amide bonds. The highest BCUT2D eigenvalue weighted by atomic mass is 19.4. The Hall–Kier alpha value is -3.75. The standard InChI is InChI=1S/C29H33F6N9/c1-15-22-10-19(25(37-26(22)42(2)39-15)23(12-36)24(17-4-5-17)18-6-7-18)14-44(27-38-41-43(3)40-27)13-16-8-20(28(30,31)32)11-21(9-16)29(33,34)35/h8-11,17-18,23-24H,4-7,12-14,36H2,1-3H3. The molecule has 1 atom stereocenters. The van der Waals surface area contributed by atoms with Gasteiger partial charge in [0.05, 0.1) is 29.6 Å². The predicted octanol–water partition coefficient (Wildman–Crippen LogP) is 5.52. The van der Waals surface area contributed by atoms with Crippen LogP contribution in [0.2, 0.25) is 0 Å². The van der Waals surface area contributed by atoms with Crippen LogP contribution in [-0.2, 0) is 39.5 Å².